The molecule has 0 bridgehead atoms. The standard InChI is InChI=1S/C12H9F3O/c1-7-6-10(12(13,14)15)11(16)9-5-3-2-4-8(7)9/h2-6,16H,1H3. The maximum atomic E-state index is 12.6. The highest BCUT2D eigenvalue weighted by Crippen LogP contribution is 2.40. The maximum absolute atomic E-state index is 12.6. The van der Waals surface area contributed by atoms with Crippen LogP contribution in [0.3, 0.4) is 0 Å². The van der Waals surface area contributed by atoms with Gasteiger partial charge in [0.2, 0.25) is 0 Å². The summed E-state index contributed by atoms with van der Waals surface area (Å²) in [6.07, 6.45) is -4.53. The Morgan fingerprint density at radius 2 is 1.62 bits per heavy atom. The molecule has 0 radical (unpaired) electrons. The van der Waals surface area contributed by atoms with Gasteiger partial charge in [0.05, 0.1) is 5.56 Å². The topological polar surface area (TPSA) is 20.2 Å². The third-order valence-electron chi connectivity index (χ3n) is 2.53. The molecule has 0 atom stereocenters. The Morgan fingerprint density at radius 1 is 1.06 bits per heavy atom. The van der Waals surface area contributed by atoms with Crippen LogP contribution in [0.4, 0.5) is 13.2 Å². The van der Waals surface area contributed by atoms with Gasteiger partial charge in [-0.2, -0.15) is 13.2 Å². The van der Waals surface area contributed by atoms with Crippen LogP contribution in [0.15, 0.2) is 30.3 Å². The zero-order valence-corrected chi connectivity index (χ0v) is 8.47. The van der Waals surface area contributed by atoms with Crippen molar-refractivity contribution in [3.05, 3.63) is 41.5 Å². The first-order chi connectivity index (χ1) is 7.41. The lowest BCUT2D eigenvalue weighted by molar-refractivity contribution is -0.138. The van der Waals surface area contributed by atoms with Crippen LogP contribution in [0.2, 0.25) is 0 Å². The molecule has 2 aromatic carbocycles. The molecule has 2 aromatic rings. The van der Waals surface area contributed by atoms with Gasteiger partial charge >= 0.3 is 6.18 Å². The Labute approximate surface area is 90.1 Å². The molecule has 0 saturated heterocycles. The molecular weight excluding hydrogens is 217 g/mol. The van der Waals surface area contributed by atoms with Crippen LogP contribution >= 0.6 is 0 Å². The summed E-state index contributed by atoms with van der Waals surface area (Å²) in [5.74, 6) is -0.700. The van der Waals surface area contributed by atoms with E-state index in [1.807, 2.05) is 0 Å². The van der Waals surface area contributed by atoms with Gasteiger partial charge in [0, 0.05) is 5.39 Å². The molecule has 2 rings (SSSR count). The molecule has 16 heavy (non-hydrogen) atoms. The quantitative estimate of drug-likeness (QED) is 0.722. The van der Waals surface area contributed by atoms with Gasteiger partial charge in [0.1, 0.15) is 5.75 Å². The van der Waals surface area contributed by atoms with Gasteiger partial charge in [0.25, 0.3) is 0 Å². The van der Waals surface area contributed by atoms with Crippen molar-refractivity contribution in [2.24, 2.45) is 0 Å². The third kappa shape index (κ3) is 1.60. The van der Waals surface area contributed by atoms with E-state index in [9.17, 15) is 18.3 Å². The van der Waals surface area contributed by atoms with Crippen molar-refractivity contribution in [3.8, 4) is 5.75 Å². The monoisotopic (exact) mass is 226 g/mol. The number of phenolic OH excluding ortho intramolecular Hbond substituents is 1. The predicted molar refractivity (Wildman–Crippen MR) is 55.4 cm³/mol. The third-order valence-corrected chi connectivity index (χ3v) is 2.53. The second-order valence-electron chi connectivity index (χ2n) is 3.63. The van der Waals surface area contributed by atoms with Crippen molar-refractivity contribution in [1.82, 2.24) is 0 Å². The fourth-order valence-electron chi connectivity index (χ4n) is 1.76. The van der Waals surface area contributed by atoms with E-state index in [0.717, 1.165) is 6.07 Å². The van der Waals surface area contributed by atoms with Crippen LogP contribution in [0, 0.1) is 6.92 Å². The lowest BCUT2D eigenvalue weighted by Gasteiger charge is -2.13. The highest BCUT2D eigenvalue weighted by atomic mass is 19.4. The average molecular weight is 226 g/mol. The van der Waals surface area contributed by atoms with Crippen LogP contribution < -0.4 is 0 Å². The molecule has 0 aliphatic rings. The number of phenols is 1. The summed E-state index contributed by atoms with van der Waals surface area (Å²) >= 11 is 0. The van der Waals surface area contributed by atoms with Crippen molar-refractivity contribution >= 4 is 10.8 Å². The molecule has 0 aliphatic heterocycles. The Balaban J connectivity index is 2.86. The minimum absolute atomic E-state index is 0.231. The first-order valence-corrected chi connectivity index (χ1v) is 4.70. The van der Waals surface area contributed by atoms with E-state index < -0.39 is 17.5 Å². The van der Waals surface area contributed by atoms with E-state index >= 15 is 0 Å². The molecule has 84 valence electrons. The second-order valence-corrected chi connectivity index (χ2v) is 3.63. The Bertz CT molecular complexity index is 544. The fraction of sp³-hybridized carbons (Fsp3) is 0.167. The summed E-state index contributed by atoms with van der Waals surface area (Å²) in [5, 5.41) is 10.5. The van der Waals surface area contributed by atoms with E-state index in [2.05, 4.69) is 0 Å². The van der Waals surface area contributed by atoms with Crippen molar-refractivity contribution in [3.63, 3.8) is 0 Å². The Hall–Kier alpha value is -1.71. The summed E-state index contributed by atoms with van der Waals surface area (Å²) in [6, 6.07) is 7.46. The number of halogens is 3. The maximum Gasteiger partial charge on any atom is 0.419 e. The second kappa shape index (κ2) is 3.40. The van der Waals surface area contributed by atoms with Crippen LogP contribution in [-0.2, 0) is 6.18 Å². The lowest BCUT2D eigenvalue weighted by Crippen LogP contribution is -2.06. The minimum Gasteiger partial charge on any atom is -0.507 e. The van der Waals surface area contributed by atoms with Crippen LogP contribution in [0.5, 0.6) is 5.75 Å². The van der Waals surface area contributed by atoms with Gasteiger partial charge in [-0.1, -0.05) is 24.3 Å². The number of aryl methyl sites for hydroxylation is 1. The number of hydrogen-bond acceptors (Lipinski definition) is 1. The zero-order valence-electron chi connectivity index (χ0n) is 8.47. The van der Waals surface area contributed by atoms with E-state index in [4.69, 9.17) is 0 Å². The van der Waals surface area contributed by atoms with Crippen molar-refractivity contribution < 1.29 is 18.3 Å². The van der Waals surface area contributed by atoms with Gasteiger partial charge in [-0.3, -0.25) is 0 Å². The highest BCUT2D eigenvalue weighted by molar-refractivity contribution is 5.92. The number of alkyl halides is 3. The molecule has 0 fully saturated rings. The summed E-state index contributed by atoms with van der Waals surface area (Å²) in [4.78, 5) is 0. The molecule has 0 unspecified atom stereocenters. The van der Waals surface area contributed by atoms with Crippen LogP contribution in [-0.4, -0.2) is 5.11 Å². The van der Waals surface area contributed by atoms with Gasteiger partial charge in [-0.05, 0) is 23.9 Å². The number of fused-ring (bicyclic) bond motifs is 1. The van der Waals surface area contributed by atoms with Gasteiger partial charge in [-0.15, -0.1) is 0 Å². The van der Waals surface area contributed by atoms with E-state index in [1.165, 1.54) is 6.07 Å². The molecule has 0 spiro atoms. The van der Waals surface area contributed by atoms with Crippen molar-refractivity contribution in [2.45, 2.75) is 13.1 Å². The fourth-order valence-corrected chi connectivity index (χ4v) is 1.76. The van der Waals surface area contributed by atoms with Crippen molar-refractivity contribution in [2.75, 3.05) is 0 Å². The van der Waals surface area contributed by atoms with E-state index in [0.29, 0.717) is 10.9 Å². The van der Waals surface area contributed by atoms with Gasteiger partial charge < -0.3 is 5.11 Å². The average Bonchev–Trinajstić information content (AvgIpc) is 2.22. The Morgan fingerprint density at radius 3 is 2.19 bits per heavy atom. The summed E-state index contributed by atoms with van der Waals surface area (Å²) in [7, 11) is 0. The van der Waals surface area contributed by atoms with E-state index in [1.54, 1.807) is 25.1 Å². The molecule has 1 N–H and O–H groups in total. The molecule has 0 amide bonds. The van der Waals surface area contributed by atoms with Crippen molar-refractivity contribution in [1.29, 1.82) is 0 Å². The number of rotatable bonds is 0. The number of hydrogen-bond donors (Lipinski definition) is 1. The van der Waals surface area contributed by atoms with Crippen LogP contribution in [0.1, 0.15) is 11.1 Å². The summed E-state index contributed by atoms with van der Waals surface area (Å²) < 4.78 is 37.8. The number of aromatic hydroxyl groups is 1. The largest absolute Gasteiger partial charge is 0.507 e. The van der Waals surface area contributed by atoms with Crippen LogP contribution in [0.25, 0.3) is 10.8 Å². The first-order valence-electron chi connectivity index (χ1n) is 4.70. The molecule has 0 heterocycles. The molecule has 1 nitrogen and oxygen atoms in total. The highest BCUT2D eigenvalue weighted by Gasteiger charge is 2.34. The smallest absolute Gasteiger partial charge is 0.419 e. The summed E-state index contributed by atoms with van der Waals surface area (Å²) in [5.41, 5.74) is -0.482. The minimum atomic E-state index is -4.53. The predicted octanol–water partition coefficient (Wildman–Crippen LogP) is 3.87. The molecular formula is C12H9F3O. The van der Waals surface area contributed by atoms with E-state index in [-0.39, 0.29) is 5.39 Å². The normalized spacial score (nSPS) is 12.0. The molecule has 0 saturated carbocycles. The number of benzene rings is 2. The van der Waals surface area contributed by atoms with Gasteiger partial charge in [0.15, 0.2) is 0 Å². The zero-order chi connectivity index (χ0) is 11.9. The summed E-state index contributed by atoms with van der Waals surface area (Å²) in [6.45, 7) is 1.59. The molecule has 0 aromatic heterocycles. The molecule has 4 heteroatoms. The SMILES string of the molecule is Cc1cc(C(F)(F)F)c(O)c2ccccc12. The first kappa shape index (κ1) is 10.8. The van der Waals surface area contributed by atoms with Gasteiger partial charge in [-0.25, -0.2) is 0 Å². The molecule has 0 aliphatic carbocycles. The Kier molecular flexibility index (Phi) is 2.30. The lowest BCUT2D eigenvalue weighted by atomic mass is 10.00.